The van der Waals surface area contributed by atoms with Crippen molar-refractivity contribution in [2.24, 2.45) is 0 Å². The van der Waals surface area contributed by atoms with Crippen molar-refractivity contribution in [1.29, 1.82) is 0 Å². The van der Waals surface area contributed by atoms with E-state index < -0.39 is 0 Å². The second-order valence-corrected chi connectivity index (χ2v) is 4.68. The van der Waals surface area contributed by atoms with Crippen LogP contribution in [0.4, 0.5) is 0 Å². The Morgan fingerprint density at radius 1 is 1.07 bits per heavy atom. The van der Waals surface area contributed by atoms with Crippen LogP contribution in [0.5, 0.6) is 0 Å². The number of hydrogen-bond donors (Lipinski definition) is 1. The van der Waals surface area contributed by atoms with Gasteiger partial charge in [0.25, 0.3) is 0 Å². The molecule has 1 N–H and O–H groups in total. The van der Waals surface area contributed by atoms with E-state index in [9.17, 15) is 0 Å². The Morgan fingerprint density at radius 2 is 1.86 bits per heavy atom. The maximum absolute atomic E-state index is 6.17. The molecule has 0 aromatic carbocycles. The quantitative estimate of drug-likeness (QED) is 0.747. The maximum Gasteiger partial charge on any atom is 0.0731 e. The first-order valence-corrected chi connectivity index (χ1v) is 6.29. The third-order valence-electron chi connectivity index (χ3n) is 3.59. The fraction of sp³-hybridized carbons (Fsp3) is 1.00. The monoisotopic (exact) mass is 197 g/mol. The summed E-state index contributed by atoms with van der Waals surface area (Å²) in [6.07, 6.45) is 10.4. The highest BCUT2D eigenvalue weighted by Gasteiger charge is 2.30. The summed E-state index contributed by atoms with van der Waals surface area (Å²) >= 11 is 0. The highest BCUT2D eigenvalue weighted by molar-refractivity contribution is 4.85. The predicted octanol–water partition coefficient (Wildman–Crippen LogP) is 2.48. The minimum Gasteiger partial charge on any atom is -0.373 e. The van der Waals surface area contributed by atoms with E-state index >= 15 is 0 Å². The molecule has 2 unspecified atom stereocenters. The molecule has 2 atom stereocenters. The first-order chi connectivity index (χ1) is 6.90. The van der Waals surface area contributed by atoms with Crippen LogP contribution in [-0.2, 0) is 4.74 Å². The average Bonchev–Trinajstić information content (AvgIpc) is 2.80. The summed E-state index contributed by atoms with van der Waals surface area (Å²) in [6.45, 7) is 3.26. The third-order valence-corrected chi connectivity index (χ3v) is 3.59. The lowest BCUT2D eigenvalue weighted by atomic mass is 10.2. The standard InChI is InChI=1S/C12H23NO/c1-2-13-11-8-5-9-12(11)14-10-6-3-4-7-10/h10-13H,2-9H2,1H3. The molecule has 2 rings (SSSR count). The summed E-state index contributed by atoms with van der Waals surface area (Å²) in [5.74, 6) is 0. The van der Waals surface area contributed by atoms with Gasteiger partial charge in [-0.1, -0.05) is 19.8 Å². The normalized spacial score (nSPS) is 34.1. The summed E-state index contributed by atoms with van der Waals surface area (Å²) in [5.41, 5.74) is 0. The molecule has 0 aromatic rings. The van der Waals surface area contributed by atoms with Crippen molar-refractivity contribution in [2.75, 3.05) is 6.54 Å². The van der Waals surface area contributed by atoms with Crippen molar-refractivity contribution in [3.05, 3.63) is 0 Å². The molecule has 0 aromatic heterocycles. The Labute approximate surface area is 87.4 Å². The van der Waals surface area contributed by atoms with Crippen molar-refractivity contribution in [1.82, 2.24) is 5.32 Å². The molecule has 0 radical (unpaired) electrons. The third kappa shape index (κ3) is 2.48. The molecule has 2 nitrogen and oxygen atoms in total. The molecular formula is C12H23NO. The number of likely N-dealkylation sites (N-methyl/N-ethyl adjacent to an activating group) is 1. The van der Waals surface area contributed by atoms with Gasteiger partial charge in [0, 0.05) is 6.04 Å². The minimum atomic E-state index is 0.512. The second-order valence-electron chi connectivity index (χ2n) is 4.68. The molecule has 0 saturated heterocycles. The van der Waals surface area contributed by atoms with Crippen molar-refractivity contribution in [3.8, 4) is 0 Å². The van der Waals surface area contributed by atoms with Gasteiger partial charge in [0.2, 0.25) is 0 Å². The van der Waals surface area contributed by atoms with Crippen LogP contribution in [0.3, 0.4) is 0 Å². The van der Waals surface area contributed by atoms with E-state index in [4.69, 9.17) is 4.74 Å². The van der Waals surface area contributed by atoms with Gasteiger partial charge < -0.3 is 10.1 Å². The van der Waals surface area contributed by atoms with Crippen molar-refractivity contribution in [2.45, 2.75) is 70.1 Å². The summed E-state index contributed by atoms with van der Waals surface area (Å²) in [7, 11) is 0. The van der Waals surface area contributed by atoms with Gasteiger partial charge in [-0.2, -0.15) is 0 Å². The van der Waals surface area contributed by atoms with Gasteiger partial charge in [-0.25, -0.2) is 0 Å². The summed E-state index contributed by atoms with van der Waals surface area (Å²) in [6, 6.07) is 0.639. The van der Waals surface area contributed by atoms with Crippen LogP contribution < -0.4 is 5.32 Å². The average molecular weight is 197 g/mol. The van der Waals surface area contributed by atoms with Crippen LogP contribution in [0.25, 0.3) is 0 Å². The molecule has 2 heteroatoms. The fourth-order valence-corrected chi connectivity index (χ4v) is 2.86. The first kappa shape index (κ1) is 10.4. The second kappa shape index (κ2) is 5.13. The van der Waals surface area contributed by atoms with E-state index in [1.165, 1.54) is 44.9 Å². The summed E-state index contributed by atoms with van der Waals surface area (Å²) in [4.78, 5) is 0. The van der Waals surface area contributed by atoms with E-state index in [1.807, 2.05) is 0 Å². The number of nitrogens with one attached hydrogen (secondary N) is 1. The molecule has 0 bridgehead atoms. The van der Waals surface area contributed by atoms with Crippen LogP contribution >= 0.6 is 0 Å². The van der Waals surface area contributed by atoms with Gasteiger partial charge >= 0.3 is 0 Å². The van der Waals surface area contributed by atoms with E-state index in [1.54, 1.807) is 0 Å². The lowest BCUT2D eigenvalue weighted by molar-refractivity contribution is -0.0169. The topological polar surface area (TPSA) is 21.3 Å². The lowest BCUT2D eigenvalue weighted by Gasteiger charge is -2.24. The summed E-state index contributed by atoms with van der Waals surface area (Å²) in [5, 5.41) is 3.54. The van der Waals surface area contributed by atoms with Crippen LogP contribution in [0.1, 0.15) is 51.9 Å². The number of ether oxygens (including phenoxy) is 1. The molecule has 2 aliphatic carbocycles. The Bertz CT molecular complexity index is 166. The molecule has 2 saturated carbocycles. The van der Waals surface area contributed by atoms with Gasteiger partial charge in [-0.3, -0.25) is 0 Å². The number of rotatable bonds is 4. The highest BCUT2D eigenvalue weighted by Crippen LogP contribution is 2.28. The van der Waals surface area contributed by atoms with Gasteiger partial charge in [0.05, 0.1) is 12.2 Å². The van der Waals surface area contributed by atoms with Crippen molar-refractivity contribution in [3.63, 3.8) is 0 Å². The van der Waals surface area contributed by atoms with E-state index in [-0.39, 0.29) is 0 Å². The Morgan fingerprint density at radius 3 is 2.57 bits per heavy atom. The van der Waals surface area contributed by atoms with Gasteiger partial charge in [0.15, 0.2) is 0 Å². The zero-order chi connectivity index (χ0) is 9.80. The molecule has 0 aliphatic heterocycles. The zero-order valence-electron chi connectivity index (χ0n) is 9.30. The largest absolute Gasteiger partial charge is 0.373 e. The highest BCUT2D eigenvalue weighted by atomic mass is 16.5. The number of hydrogen-bond acceptors (Lipinski definition) is 2. The Hall–Kier alpha value is -0.0800. The maximum atomic E-state index is 6.17. The zero-order valence-corrected chi connectivity index (χ0v) is 9.30. The minimum absolute atomic E-state index is 0.512. The molecule has 2 aliphatic rings. The van der Waals surface area contributed by atoms with E-state index in [0.29, 0.717) is 18.2 Å². The van der Waals surface area contributed by atoms with Crippen LogP contribution in [0.2, 0.25) is 0 Å². The van der Waals surface area contributed by atoms with Crippen LogP contribution in [0, 0.1) is 0 Å². The van der Waals surface area contributed by atoms with Crippen molar-refractivity contribution >= 4 is 0 Å². The first-order valence-electron chi connectivity index (χ1n) is 6.29. The molecule has 0 amide bonds. The van der Waals surface area contributed by atoms with Gasteiger partial charge in [-0.05, 0) is 38.6 Å². The molecule has 82 valence electrons. The van der Waals surface area contributed by atoms with Crippen molar-refractivity contribution < 1.29 is 4.74 Å². The SMILES string of the molecule is CCNC1CCCC1OC1CCCC1. The Balaban J connectivity index is 1.77. The smallest absolute Gasteiger partial charge is 0.0731 e. The lowest BCUT2D eigenvalue weighted by Crippen LogP contribution is -2.38. The predicted molar refractivity (Wildman–Crippen MR) is 58.4 cm³/mol. The van der Waals surface area contributed by atoms with Gasteiger partial charge in [-0.15, -0.1) is 0 Å². The molecule has 0 heterocycles. The van der Waals surface area contributed by atoms with E-state index in [2.05, 4.69) is 12.2 Å². The van der Waals surface area contributed by atoms with E-state index in [0.717, 1.165) is 6.54 Å². The summed E-state index contributed by atoms with van der Waals surface area (Å²) < 4.78 is 6.17. The van der Waals surface area contributed by atoms with Gasteiger partial charge in [0.1, 0.15) is 0 Å². The molecular weight excluding hydrogens is 174 g/mol. The fourth-order valence-electron chi connectivity index (χ4n) is 2.86. The molecule has 2 fully saturated rings. The van der Waals surface area contributed by atoms with Crippen LogP contribution in [-0.4, -0.2) is 24.8 Å². The molecule has 14 heavy (non-hydrogen) atoms. The molecule has 0 spiro atoms. The Kier molecular flexibility index (Phi) is 3.82. The van der Waals surface area contributed by atoms with Crippen LogP contribution in [0.15, 0.2) is 0 Å².